The number of carbonyl (C=O) groups excluding carboxylic acids is 1. The lowest BCUT2D eigenvalue weighted by Gasteiger charge is -2.09. The first-order valence-electron chi connectivity index (χ1n) is 5.40. The van der Waals surface area contributed by atoms with Crippen molar-refractivity contribution in [2.75, 3.05) is 5.32 Å². The maximum atomic E-state index is 12.1. The van der Waals surface area contributed by atoms with E-state index < -0.39 is 0 Å². The number of nitrogens with zero attached hydrogens (tertiary/aromatic N) is 1. The van der Waals surface area contributed by atoms with Crippen molar-refractivity contribution in [2.24, 2.45) is 0 Å². The van der Waals surface area contributed by atoms with Crippen LogP contribution >= 0.6 is 27.5 Å². The number of phenolic OH excluding ortho intramolecular Hbond substituents is 1. The summed E-state index contributed by atoms with van der Waals surface area (Å²) in [7, 11) is 0. The maximum Gasteiger partial charge on any atom is 0.255 e. The number of aromatic nitrogens is 1. The van der Waals surface area contributed by atoms with E-state index in [0.717, 1.165) is 5.56 Å². The van der Waals surface area contributed by atoms with Crippen LogP contribution in [0.15, 0.2) is 34.9 Å². The molecule has 2 aromatic rings. The maximum absolute atomic E-state index is 12.1. The number of rotatable bonds is 2. The number of phenols is 1. The van der Waals surface area contributed by atoms with Crippen LogP contribution in [-0.4, -0.2) is 16.0 Å². The van der Waals surface area contributed by atoms with Gasteiger partial charge in [-0.05, 0) is 52.7 Å². The number of nitrogens with one attached hydrogen (secondary N) is 1. The number of hydrogen-bond donors (Lipinski definition) is 2. The molecule has 0 radical (unpaired) electrons. The predicted octanol–water partition coefficient (Wildman–Crippen LogP) is 3.76. The molecular formula is C13H10BrClN2O2. The Balaban J connectivity index is 2.28. The molecule has 2 N–H and O–H groups in total. The van der Waals surface area contributed by atoms with Gasteiger partial charge in [0.2, 0.25) is 0 Å². The fourth-order valence-corrected chi connectivity index (χ4v) is 2.01. The Labute approximate surface area is 123 Å². The van der Waals surface area contributed by atoms with Crippen LogP contribution < -0.4 is 5.32 Å². The molecule has 98 valence electrons. The van der Waals surface area contributed by atoms with Crippen molar-refractivity contribution >= 4 is 39.1 Å². The van der Waals surface area contributed by atoms with E-state index in [-0.39, 0.29) is 16.8 Å². The molecule has 1 amide bonds. The van der Waals surface area contributed by atoms with Gasteiger partial charge in [0.25, 0.3) is 5.91 Å². The van der Waals surface area contributed by atoms with E-state index in [2.05, 4.69) is 26.2 Å². The lowest BCUT2D eigenvalue weighted by Crippen LogP contribution is -2.13. The molecule has 0 unspecified atom stereocenters. The predicted molar refractivity (Wildman–Crippen MR) is 77.7 cm³/mol. The van der Waals surface area contributed by atoms with E-state index in [0.29, 0.717) is 15.7 Å². The van der Waals surface area contributed by atoms with E-state index in [4.69, 9.17) is 11.6 Å². The summed E-state index contributed by atoms with van der Waals surface area (Å²) in [6.07, 6.45) is 1.57. The highest BCUT2D eigenvalue weighted by Crippen LogP contribution is 2.26. The van der Waals surface area contributed by atoms with E-state index in [9.17, 15) is 9.90 Å². The first kappa shape index (κ1) is 13.8. The van der Waals surface area contributed by atoms with Gasteiger partial charge < -0.3 is 10.4 Å². The van der Waals surface area contributed by atoms with Gasteiger partial charge in [0.15, 0.2) is 5.15 Å². The quantitative estimate of drug-likeness (QED) is 0.818. The van der Waals surface area contributed by atoms with Gasteiger partial charge in [-0.15, -0.1) is 0 Å². The van der Waals surface area contributed by atoms with Crippen LogP contribution in [-0.2, 0) is 0 Å². The van der Waals surface area contributed by atoms with Crippen LogP contribution in [0.25, 0.3) is 0 Å². The SMILES string of the molecule is Cc1ccnc(Cl)c1NC(=O)c1ccc(Br)c(O)c1. The lowest BCUT2D eigenvalue weighted by molar-refractivity contribution is 0.102. The molecule has 2 rings (SSSR count). The van der Waals surface area contributed by atoms with E-state index in [1.54, 1.807) is 24.4 Å². The highest BCUT2D eigenvalue weighted by Gasteiger charge is 2.12. The van der Waals surface area contributed by atoms with Gasteiger partial charge in [-0.3, -0.25) is 4.79 Å². The van der Waals surface area contributed by atoms with Crippen molar-refractivity contribution in [3.8, 4) is 5.75 Å². The number of aromatic hydroxyl groups is 1. The average Bonchev–Trinajstić information content (AvgIpc) is 2.37. The highest BCUT2D eigenvalue weighted by molar-refractivity contribution is 9.10. The van der Waals surface area contributed by atoms with Crippen LogP contribution in [0.1, 0.15) is 15.9 Å². The lowest BCUT2D eigenvalue weighted by atomic mass is 10.2. The number of benzene rings is 1. The summed E-state index contributed by atoms with van der Waals surface area (Å²) in [6, 6.07) is 6.32. The van der Waals surface area contributed by atoms with Crippen LogP contribution in [0.2, 0.25) is 5.15 Å². The van der Waals surface area contributed by atoms with Crippen molar-refractivity contribution < 1.29 is 9.90 Å². The van der Waals surface area contributed by atoms with Crippen molar-refractivity contribution in [3.63, 3.8) is 0 Å². The molecule has 6 heteroatoms. The molecule has 0 spiro atoms. The molecule has 1 aromatic heterocycles. The Morgan fingerprint density at radius 3 is 2.79 bits per heavy atom. The van der Waals surface area contributed by atoms with Gasteiger partial charge in [0.05, 0.1) is 10.2 Å². The average molecular weight is 342 g/mol. The summed E-state index contributed by atoms with van der Waals surface area (Å²) in [5.74, 6) is -0.359. The Morgan fingerprint density at radius 2 is 2.16 bits per heavy atom. The zero-order chi connectivity index (χ0) is 14.0. The summed E-state index contributed by atoms with van der Waals surface area (Å²) in [6.45, 7) is 1.82. The van der Waals surface area contributed by atoms with Crippen molar-refractivity contribution in [1.29, 1.82) is 0 Å². The fourth-order valence-electron chi connectivity index (χ4n) is 1.51. The van der Waals surface area contributed by atoms with E-state index >= 15 is 0 Å². The van der Waals surface area contributed by atoms with Gasteiger partial charge in [0, 0.05) is 11.8 Å². The van der Waals surface area contributed by atoms with E-state index in [1.807, 2.05) is 6.92 Å². The molecular weight excluding hydrogens is 332 g/mol. The molecule has 0 aliphatic rings. The smallest absolute Gasteiger partial charge is 0.255 e. The van der Waals surface area contributed by atoms with Crippen molar-refractivity contribution in [2.45, 2.75) is 6.92 Å². The topological polar surface area (TPSA) is 62.2 Å². The van der Waals surface area contributed by atoms with Crippen molar-refractivity contribution in [3.05, 3.63) is 51.2 Å². The van der Waals surface area contributed by atoms with Crippen LogP contribution in [0.3, 0.4) is 0 Å². The molecule has 0 fully saturated rings. The number of hydrogen-bond acceptors (Lipinski definition) is 3. The Hall–Kier alpha value is -1.59. The Kier molecular flexibility index (Phi) is 4.07. The number of aryl methyl sites for hydroxylation is 1. The zero-order valence-electron chi connectivity index (χ0n) is 9.95. The minimum Gasteiger partial charge on any atom is -0.507 e. The normalized spacial score (nSPS) is 10.3. The first-order chi connectivity index (χ1) is 8.99. The third-order valence-corrected chi connectivity index (χ3v) is 3.52. The zero-order valence-corrected chi connectivity index (χ0v) is 12.3. The molecule has 4 nitrogen and oxygen atoms in total. The summed E-state index contributed by atoms with van der Waals surface area (Å²) < 4.78 is 0.527. The van der Waals surface area contributed by atoms with Gasteiger partial charge in [-0.25, -0.2) is 4.98 Å². The molecule has 0 saturated carbocycles. The van der Waals surface area contributed by atoms with Gasteiger partial charge in [-0.1, -0.05) is 11.6 Å². The number of carbonyl (C=O) groups is 1. The molecule has 0 aliphatic heterocycles. The second kappa shape index (κ2) is 5.59. The fraction of sp³-hybridized carbons (Fsp3) is 0.0769. The second-order valence-corrected chi connectivity index (χ2v) is 5.13. The van der Waals surface area contributed by atoms with Crippen molar-refractivity contribution in [1.82, 2.24) is 4.98 Å². The molecule has 19 heavy (non-hydrogen) atoms. The van der Waals surface area contributed by atoms with E-state index in [1.165, 1.54) is 6.07 Å². The van der Waals surface area contributed by atoms with Gasteiger partial charge in [-0.2, -0.15) is 0 Å². The summed E-state index contributed by atoms with van der Waals surface area (Å²) in [5, 5.41) is 12.5. The number of pyridine rings is 1. The molecule has 0 saturated heterocycles. The minimum absolute atomic E-state index is 0.00153. The largest absolute Gasteiger partial charge is 0.507 e. The van der Waals surface area contributed by atoms with Crippen LogP contribution in [0, 0.1) is 6.92 Å². The standard InChI is InChI=1S/C13H10BrClN2O2/c1-7-4-5-16-12(15)11(7)17-13(19)8-2-3-9(14)10(18)6-8/h2-6,18H,1H3,(H,17,19). The number of halogens is 2. The third-order valence-electron chi connectivity index (χ3n) is 2.56. The van der Waals surface area contributed by atoms with Crippen LogP contribution in [0.4, 0.5) is 5.69 Å². The number of amides is 1. The molecule has 0 atom stereocenters. The third kappa shape index (κ3) is 3.05. The summed E-state index contributed by atoms with van der Waals surface area (Å²) >= 11 is 9.09. The summed E-state index contributed by atoms with van der Waals surface area (Å²) in [5.41, 5.74) is 1.62. The molecule has 1 aromatic carbocycles. The summed E-state index contributed by atoms with van der Waals surface area (Å²) in [4.78, 5) is 16.0. The monoisotopic (exact) mass is 340 g/mol. The highest BCUT2D eigenvalue weighted by atomic mass is 79.9. The molecule has 1 heterocycles. The molecule has 0 aliphatic carbocycles. The Morgan fingerprint density at radius 1 is 1.42 bits per heavy atom. The second-order valence-electron chi connectivity index (χ2n) is 3.91. The van der Waals surface area contributed by atoms with Crippen LogP contribution in [0.5, 0.6) is 5.75 Å². The molecule has 0 bridgehead atoms. The van der Waals surface area contributed by atoms with Gasteiger partial charge in [0.1, 0.15) is 5.75 Å². The first-order valence-corrected chi connectivity index (χ1v) is 6.57. The Bertz CT molecular complexity index is 626. The minimum atomic E-state index is -0.360. The van der Waals surface area contributed by atoms with Gasteiger partial charge >= 0.3 is 0 Å². The number of anilines is 1.